The Kier molecular flexibility index (Phi) is 6.12. The summed E-state index contributed by atoms with van der Waals surface area (Å²) in [7, 11) is 1.73. The van der Waals surface area contributed by atoms with E-state index in [0.29, 0.717) is 0 Å². The molecule has 0 atom stereocenters. The van der Waals surface area contributed by atoms with Crippen molar-refractivity contribution in [2.45, 2.75) is 26.2 Å². The highest BCUT2D eigenvalue weighted by molar-refractivity contribution is 6.02. The Bertz CT molecular complexity index is 768. The first-order valence-corrected chi connectivity index (χ1v) is 9.51. The highest BCUT2D eigenvalue weighted by Gasteiger charge is 2.20. The van der Waals surface area contributed by atoms with Gasteiger partial charge in [-0.1, -0.05) is 18.2 Å². The zero-order chi connectivity index (χ0) is 19.2. The fourth-order valence-corrected chi connectivity index (χ4v) is 3.42. The number of benzene rings is 2. The van der Waals surface area contributed by atoms with Crippen LogP contribution in [0.5, 0.6) is 0 Å². The minimum Gasteiger partial charge on any atom is -0.372 e. The number of anilines is 3. The predicted molar refractivity (Wildman–Crippen MR) is 110 cm³/mol. The van der Waals surface area contributed by atoms with E-state index >= 15 is 0 Å². The third kappa shape index (κ3) is 4.67. The number of hydrogen-bond acceptors (Lipinski definition) is 3. The van der Waals surface area contributed by atoms with Gasteiger partial charge >= 0.3 is 0 Å². The van der Waals surface area contributed by atoms with Crippen LogP contribution in [0, 0.1) is 0 Å². The van der Waals surface area contributed by atoms with E-state index in [1.54, 1.807) is 11.9 Å². The van der Waals surface area contributed by atoms with Crippen molar-refractivity contribution in [1.82, 2.24) is 0 Å². The van der Waals surface area contributed by atoms with Crippen LogP contribution in [0.15, 0.2) is 54.6 Å². The molecule has 0 unspecified atom stereocenters. The lowest BCUT2D eigenvalue weighted by Gasteiger charge is -2.29. The third-order valence-electron chi connectivity index (χ3n) is 5.07. The normalized spacial score (nSPS) is 13.9. The van der Waals surface area contributed by atoms with Gasteiger partial charge in [-0.15, -0.1) is 0 Å². The van der Waals surface area contributed by atoms with Crippen molar-refractivity contribution in [2.75, 3.05) is 41.4 Å². The van der Waals surface area contributed by atoms with E-state index in [2.05, 4.69) is 4.90 Å². The quantitative estimate of drug-likeness (QED) is 0.812. The van der Waals surface area contributed by atoms with Gasteiger partial charge in [-0.2, -0.15) is 0 Å². The summed E-state index contributed by atoms with van der Waals surface area (Å²) in [4.78, 5) is 30.3. The number of rotatable bonds is 5. The SMILES string of the molecule is CC(=O)N(CC(=O)N(C)c1ccccc1)c1ccc(N2CCCCC2)cc1. The molecule has 0 radical (unpaired) electrons. The van der Waals surface area contributed by atoms with E-state index in [1.165, 1.54) is 36.8 Å². The number of likely N-dealkylation sites (N-methyl/N-ethyl adjacent to an activating group) is 1. The Balaban J connectivity index is 1.71. The first-order valence-electron chi connectivity index (χ1n) is 9.51. The summed E-state index contributed by atoms with van der Waals surface area (Å²) in [5.41, 5.74) is 2.74. The van der Waals surface area contributed by atoms with E-state index in [-0.39, 0.29) is 18.4 Å². The largest absolute Gasteiger partial charge is 0.372 e. The van der Waals surface area contributed by atoms with Crippen molar-refractivity contribution in [3.8, 4) is 0 Å². The lowest BCUT2D eigenvalue weighted by molar-refractivity contribution is -0.121. The number of para-hydroxylation sites is 1. The summed E-state index contributed by atoms with van der Waals surface area (Å²) in [6, 6.07) is 17.4. The smallest absolute Gasteiger partial charge is 0.246 e. The molecule has 0 spiro atoms. The summed E-state index contributed by atoms with van der Waals surface area (Å²) < 4.78 is 0. The van der Waals surface area contributed by atoms with Crippen LogP contribution in [0.25, 0.3) is 0 Å². The molecule has 2 amide bonds. The monoisotopic (exact) mass is 365 g/mol. The zero-order valence-electron chi connectivity index (χ0n) is 16.1. The van der Waals surface area contributed by atoms with Crippen molar-refractivity contribution >= 4 is 28.9 Å². The van der Waals surface area contributed by atoms with E-state index in [1.807, 2.05) is 54.6 Å². The van der Waals surface area contributed by atoms with Crippen LogP contribution in [-0.2, 0) is 9.59 Å². The Morgan fingerprint density at radius 2 is 1.52 bits per heavy atom. The van der Waals surface area contributed by atoms with E-state index in [0.717, 1.165) is 24.5 Å². The molecule has 0 bridgehead atoms. The molecule has 142 valence electrons. The van der Waals surface area contributed by atoms with Crippen molar-refractivity contribution in [3.63, 3.8) is 0 Å². The maximum atomic E-state index is 12.7. The fourth-order valence-electron chi connectivity index (χ4n) is 3.42. The van der Waals surface area contributed by atoms with Gasteiger partial charge in [0.05, 0.1) is 0 Å². The maximum absolute atomic E-state index is 12.7. The van der Waals surface area contributed by atoms with Crippen molar-refractivity contribution < 1.29 is 9.59 Å². The van der Waals surface area contributed by atoms with Gasteiger partial charge < -0.3 is 14.7 Å². The highest BCUT2D eigenvalue weighted by Crippen LogP contribution is 2.24. The summed E-state index contributed by atoms with van der Waals surface area (Å²) in [5.74, 6) is -0.271. The van der Waals surface area contributed by atoms with E-state index in [9.17, 15) is 9.59 Å². The van der Waals surface area contributed by atoms with Crippen molar-refractivity contribution in [2.24, 2.45) is 0 Å². The van der Waals surface area contributed by atoms with Gasteiger partial charge in [0.1, 0.15) is 6.54 Å². The fraction of sp³-hybridized carbons (Fsp3) is 0.364. The zero-order valence-corrected chi connectivity index (χ0v) is 16.1. The molecule has 0 aliphatic carbocycles. The number of hydrogen-bond donors (Lipinski definition) is 0. The summed E-state index contributed by atoms with van der Waals surface area (Å²) in [6.45, 7) is 3.67. The van der Waals surface area contributed by atoms with Gasteiger partial charge in [0.25, 0.3) is 0 Å². The predicted octanol–water partition coefficient (Wildman–Crippen LogP) is 3.69. The van der Waals surface area contributed by atoms with E-state index < -0.39 is 0 Å². The number of carbonyl (C=O) groups is 2. The molecule has 1 aliphatic rings. The van der Waals surface area contributed by atoms with Crippen LogP contribution in [-0.4, -0.2) is 38.5 Å². The van der Waals surface area contributed by atoms with Gasteiger partial charge in [0.15, 0.2) is 0 Å². The second kappa shape index (κ2) is 8.71. The van der Waals surface area contributed by atoms with Crippen LogP contribution < -0.4 is 14.7 Å². The minimum atomic E-state index is -0.143. The molecule has 2 aromatic carbocycles. The van der Waals surface area contributed by atoms with Crippen LogP contribution in [0.4, 0.5) is 17.1 Å². The van der Waals surface area contributed by atoms with Crippen LogP contribution in [0.3, 0.4) is 0 Å². The highest BCUT2D eigenvalue weighted by atomic mass is 16.2. The first-order chi connectivity index (χ1) is 13.1. The van der Waals surface area contributed by atoms with Gasteiger partial charge in [0.2, 0.25) is 11.8 Å². The number of amides is 2. The number of carbonyl (C=O) groups excluding carboxylic acids is 2. The molecule has 27 heavy (non-hydrogen) atoms. The van der Waals surface area contributed by atoms with Gasteiger partial charge in [0, 0.05) is 44.1 Å². The average molecular weight is 365 g/mol. The van der Waals surface area contributed by atoms with Crippen molar-refractivity contribution in [1.29, 1.82) is 0 Å². The summed E-state index contributed by atoms with van der Waals surface area (Å²) >= 11 is 0. The molecular weight excluding hydrogens is 338 g/mol. The van der Waals surface area contributed by atoms with Crippen LogP contribution >= 0.6 is 0 Å². The molecular formula is C22H27N3O2. The van der Waals surface area contributed by atoms with Gasteiger partial charge in [-0.3, -0.25) is 9.59 Å². The van der Waals surface area contributed by atoms with Crippen LogP contribution in [0.1, 0.15) is 26.2 Å². The molecule has 0 N–H and O–H groups in total. The number of nitrogens with zero attached hydrogens (tertiary/aromatic N) is 3. The van der Waals surface area contributed by atoms with Crippen LogP contribution in [0.2, 0.25) is 0 Å². The van der Waals surface area contributed by atoms with Gasteiger partial charge in [-0.25, -0.2) is 0 Å². The molecule has 1 saturated heterocycles. The first kappa shape index (κ1) is 19.0. The molecule has 5 nitrogen and oxygen atoms in total. The lowest BCUT2D eigenvalue weighted by atomic mass is 10.1. The Morgan fingerprint density at radius 3 is 2.11 bits per heavy atom. The molecule has 1 aliphatic heterocycles. The number of piperidine rings is 1. The van der Waals surface area contributed by atoms with Crippen molar-refractivity contribution in [3.05, 3.63) is 54.6 Å². The minimum absolute atomic E-state index is 0.0176. The topological polar surface area (TPSA) is 43.9 Å². The molecule has 3 rings (SSSR count). The molecule has 5 heteroatoms. The molecule has 0 aromatic heterocycles. The molecule has 2 aromatic rings. The summed E-state index contributed by atoms with van der Waals surface area (Å²) in [5, 5.41) is 0. The second-order valence-electron chi connectivity index (χ2n) is 6.96. The summed E-state index contributed by atoms with van der Waals surface area (Å²) in [6.07, 6.45) is 3.74. The maximum Gasteiger partial charge on any atom is 0.246 e. The Hall–Kier alpha value is -2.82. The lowest BCUT2D eigenvalue weighted by Crippen LogP contribution is -2.40. The Morgan fingerprint density at radius 1 is 0.889 bits per heavy atom. The standard InChI is InChI=1S/C22H27N3O2/c1-18(26)25(17-22(27)23(2)19-9-5-3-6-10-19)21-13-11-20(12-14-21)24-15-7-4-8-16-24/h3,5-6,9-14H,4,7-8,15-17H2,1-2H3. The molecule has 1 heterocycles. The third-order valence-corrected chi connectivity index (χ3v) is 5.07. The second-order valence-corrected chi connectivity index (χ2v) is 6.96. The van der Waals surface area contributed by atoms with E-state index in [4.69, 9.17) is 0 Å². The van der Waals surface area contributed by atoms with Gasteiger partial charge in [-0.05, 0) is 55.7 Å². The average Bonchev–Trinajstić information content (AvgIpc) is 2.72. The molecule has 1 fully saturated rings. The Labute approximate surface area is 161 Å². The molecule has 0 saturated carbocycles.